The van der Waals surface area contributed by atoms with Crippen molar-refractivity contribution in [3.05, 3.63) is 100 Å². The summed E-state index contributed by atoms with van der Waals surface area (Å²) in [6.07, 6.45) is -5.08. The van der Waals surface area contributed by atoms with Crippen molar-refractivity contribution in [2.45, 2.75) is 18.8 Å². The molecular formula is C27H24ClF3N4O7. The summed E-state index contributed by atoms with van der Waals surface area (Å²) < 4.78 is 31.7. The number of hydrogen-bond acceptors (Lipinski definition) is 6. The first kappa shape index (κ1) is 33.1. The molecule has 222 valence electrons. The Balaban J connectivity index is 0.000000782. The molecule has 3 rings (SSSR count). The maximum absolute atomic E-state index is 12.6. The molecule has 0 aliphatic heterocycles. The van der Waals surface area contributed by atoms with Crippen LogP contribution in [0.2, 0.25) is 5.02 Å². The Labute approximate surface area is 241 Å². The summed E-state index contributed by atoms with van der Waals surface area (Å²) in [5.74, 6) is -5.58. The summed E-state index contributed by atoms with van der Waals surface area (Å²) in [7, 11) is 0. The number of carbonyl (C=O) groups is 5. The second-order valence-corrected chi connectivity index (χ2v) is 8.77. The fraction of sp³-hybridized carbons (Fsp3) is 0.148. The minimum atomic E-state index is -5.08. The summed E-state index contributed by atoms with van der Waals surface area (Å²) >= 11 is 6.24. The zero-order valence-electron chi connectivity index (χ0n) is 21.4. The van der Waals surface area contributed by atoms with Gasteiger partial charge in [-0.25, -0.2) is 9.59 Å². The molecule has 0 aliphatic carbocycles. The van der Waals surface area contributed by atoms with Crippen LogP contribution in [0.5, 0.6) is 0 Å². The predicted molar refractivity (Wildman–Crippen MR) is 145 cm³/mol. The highest BCUT2D eigenvalue weighted by Crippen LogP contribution is 2.18. The van der Waals surface area contributed by atoms with E-state index in [4.69, 9.17) is 27.2 Å². The fourth-order valence-corrected chi connectivity index (χ4v) is 3.43. The van der Waals surface area contributed by atoms with Crippen LogP contribution in [0.3, 0.4) is 0 Å². The minimum absolute atomic E-state index is 0.0539. The Kier molecular flexibility index (Phi) is 11.9. The molecule has 0 radical (unpaired) electrons. The van der Waals surface area contributed by atoms with Crippen molar-refractivity contribution in [3.63, 3.8) is 0 Å². The van der Waals surface area contributed by atoms with Gasteiger partial charge in [0, 0.05) is 29.9 Å². The van der Waals surface area contributed by atoms with E-state index in [1.54, 1.807) is 60.7 Å². The van der Waals surface area contributed by atoms with Gasteiger partial charge in [-0.3, -0.25) is 14.4 Å². The summed E-state index contributed by atoms with van der Waals surface area (Å²) in [6.45, 7) is -0.168. The molecular weight excluding hydrogens is 585 g/mol. The molecule has 1 atom stereocenters. The largest absolute Gasteiger partial charge is 0.490 e. The molecule has 0 heterocycles. The van der Waals surface area contributed by atoms with E-state index < -0.39 is 36.0 Å². The number of carboxylic acid groups (broad SMARTS) is 2. The van der Waals surface area contributed by atoms with Crippen LogP contribution in [-0.4, -0.2) is 58.6 Å². The number of carbonyl (C=O) groups excluding carboxylic acids is 3. The van der Waals surface area contributed by atoms with E-state index in [2.05, 4.69) is 16.0 Å². The molecule has 0 saturated heterocycles. The number of nitrogens with one attached hydrogen (secondary N) is 3. The lowest BCUT2D eigenvalue weighted by atomic mass is 10.1. The monoisotopic (exact) mass is 608 g/mol. The molecule has 0 aliphatic rings. The van der Waals surface area contributed by atoms with Gasteiger partial charge in [0.2, 0.25) is 0 Å². The van der Waals surface area contributed by atoms with Gasteiger partial charge in [-0.15, -0.1) is 0 Å². The van der Waals surface area contributed by atoms with E-state index >= 15 is 0 Å². The number of aliphatic carboxylic acids is 2. The fourth-order valence-electron chi connectivity index (χ4n) is 3.14. The number of alkyl halides is 3. The molecule has 3 amide bonds. The number of benzene rings is 3. The lowest BCUT2D eigenvalue weighted by Crippen LogP contribution is -2.48. The first-order chi connectivity index (χ1) is 19.7. The number of anilines is 1. The number of amides is 3. The molecule has 0 aromatic heterocycles. The van der Waals surface area contributed by atoms with Crippen LogP contribution in [0.15, 0.2) is 72.8 Å². The first-order valence-corrected chi connectivity index (χ1v) is 12.2. The number of halogens is 4. The average Bonchev–Trinajstić information content (AvgIpc) is 2.93. The van der Waals surface area contributed by atoms with E-state index in [0.717, 1.165) is 0 Å². The van der Waals surface area contributed by atoms with Crippen LogP contribution in [-0.2, 0) is 16.1 Å². The van der Waals surface area contributed by atoms with E-state index in [-0.39, 0.29) is 29.6 Å². The molecule has 0 unspecified atom stereocenters. The summed E-state index contributed by atoms with van der Waals surface area (Å²) in [6, 6.07) is 18.0. The third-order valence-corrected chi connectivity index (χ3v) is 5.54. The highest BCUT2D eigenvalue weighted by Gasteiger charge is 2.38. The molecule has 15 heteroatoms. The first-order valence-electron chi connectivity index (χ1n) is 11.8. The lowest BCUT2D eigenvalue weighted by molar-refractivity contribution is -0.192. The van der Waals surface area contributed by atoms with Crippen molar-refractivity contribution in [1.82, 2.24) is 16.0 Å². The lowest BCUT2D eigenvalue weighted by Gasteiger charge is -2.16. The second kappa shape index (κ2) is 15.0. The topological polar surface area (TPSA) is 188 Å². The van der Waals surface area contributed by atoms with Crippen LogP contribution in [0.4, 0.5) is 18.9 Å². The van der Waals surface area contributed by atoms with Gasteiger partial charge >= 0.3 is 18.1 Å². The molecule has 3 aromatic carbocycles. The van der Waals surface area contributed by atoms with Gasteiger partial charge in [0.05, 0.1) is 10.6 Å². The van der Waals surface area contributed by atoms with Gasteiger partial charge in [0.1, 0.15) is 6.04 Å². The van der Waals surface area contributed by atoms with Crippen molar-refractivity contribution in [1.29, 1.82) is 0 Å². The van der Waals surface area contributed by atoms with Crippen LogP contribution in [0.1, 0.15) is 36.6 Å². The maximum Gasteiger partial charge on any atom is 0.490 e. The van der Waals surface area contributed by atoms with Gasteiger partial charge in [-0.1, -0.05) is 41.9 Å². The third-order valence-electron chi connectivity index (χ3n) is 5.23. The van der Waals surface area contributed by atoms with E-state index in [1.165, 1.54) is 12.1 Å². The summed E-state index contributed by atoms with van der Waals surface area (Å²) in [5, 5.41) is 24.2. The highest BCUT2D eigenvalue weighted by molar-refractivity contribution is 6.34. The standard InChI is InChI=1S/C25H23ClN4O5.C2HF3O2/c26-20-11-15(13-28-23(32)17-7-4-8-18(27)12-17)9-10-19(20)24(33)30-21(25(34)35)14-29-22(31)16-5-2-1-3-6-16;3-2(4,5)1(6)7/h1-12,21H,13-14,27H2,(H,28,32)(H,29,31)(H,30,33)(H,34,35);(H,6,7)/t21-;/m0./s1. The van der Waals surface area contributed by atoms with Gasteiger partial charge in [0.25, 0.3) is 17.7 Å². The molecule has 0 spiro atoms. The molecule has 7 N–H and O–H groups in total. The minimum Gasteiger partial charge on any atom is -0.480 e. The quantitative estimate of drug-likeness (QED) is 0.200. The smallest absolute Gasteiger partial charge is 0.480 e. The van der Waals surface area contributed by atoms with Crippen molar-refractivity contribution in [2.24, 2.45) is 0 Å². The Morgan fingerprint density at radius 3 is 1.95 bits per heavy atom. The Bertz CT molecular complexity index is 1450. The Morgan fingerprint density at radius 2 is 1.40 bits per heavy atom. The molecule has 11 nitrogen and oxygen atoms in total. The molecule has 0 fully saturated rings. The van der Waals surface area contributed by atoms with Gasteiger partial charge < -0.3 is 31.9 Å². The number of carboxylic acids is 2. The SMILES string of the molecule is Nc1cccc(C(=O)NCc2ccc(C(=O)N[C@@H](CNC(=O)c3ccccc3)C(=O)O)c(Cl)c2)c1.O=C(O)C(F)(F)F. The van der Waals surface area contributed by atoms with Crippen LogP contribution >= 0.6 is 11.6 Å². The number of hydrogen-bond donors (Lipinski definition) is 6. The average molecular weight is 609 g/mol. The summed E-state index contributed by atoms with van der Waals surface area (Å²) in [4.78, 5) is 57.6. The van der Waals surface area contributed by atoms with Crippen LogP contribution in [0, 0.1) is 0 Å². The van der Waals surface area contributed by atoms with E-state index in [0.29, 0.717) is 22.4 Å². The van der Waals surface area contributed by atoms with Crippen molar-refractivity contribution < 1.29 is 47.4 Å². The van der Waals surface area contributed by atoms with Crippen molar-refractivity contribution >= 4 is 46.9 Å². The normalized spacial score (nSPS) is 11.2. The highest BCUT2D eigenvalue weighted by atomic mass is 35.5. The predicted octanol–water partition coefficient (Wildman–Crippen LogP) is 3.10. The Morgan fingerprint density at radius 1 is 0.810 bits per heavy atom. The van der Waals surface area contributed by atoms with Crippen LogP contribution in [0.25, 0.3) is 0 Å². The van der Waals surface area contributed by atoms with Gasteiger partial charge in [-0.2, -0.15) is 13.2 Å². The van der Waals surface area contributed by atoms with Crippen molar-refractivity contribution in [3.8, 4) is 0 Å². The second-order valence-electron chi connectivity index (χ2n) is 8.37. The molecule has 3 aromatic rings. The maximum atomic E-state index is 12.6. The molecule has 0 saturated carbocycles. The van der Waals surface area contributed by atoms with E-state index in [1.807, 2.05) is 0 Å². The molecule has 0 bridgehead atoms. The Hall–Kier alpha value is -5.11. The number of nitrogen functional groups attached to an aromatic ring is 1. The summed E-state index contributed by atoms with van der Waals surface area (Å²) in [5.41, 5.74) is 7.62. The van der Waals surface area contributed by atoms with Crippen LogP contribution < -0.4 is 21.7 Å². The molecule has 42 heavy (non-hydrogen) atoms. The number of rotatable bonds is 9. The van der Waals surface area contributed by atoms with Gasteiger partial charge in [0.15, 0.2) is 0 Å². The van der Waals surface area contributed by atoms with E-state index in [9.17, 15) is 37.5 Å². The number of nitrogens with two attached hydrogens (primary N) is 1. The van der Waals surface area contributed by atoms with Crippen molar-refractivity contribution in [2.75, 3.05) is 12.3 Å². The zero-order chi connectivity index (χ0) is 31.4. The zero-order valence-corrected chi connectivity index (χ0v) is 22.2. The third kappa shape index (κ3) is 10.5. The van der Waals surface area contributed by atoms with Gasteiger partial charge in [-0.05, 0) is 48.0 Å².